The molecule has 6 heteroatoms. The lowest BCUT2D eigenvalue weighted by Gasteiger charge is -2.12. The fraction of sp³-hybridized carbons (Fsp3) is 0.429. The lowest BCUT2D eigenvalue weighted by molar-refractivity contribution is -0.144. The van der Waals surface area contributed by atoms with Gasteiger partial charge >= 0.3 is 12.1 Å². The van der Waals surface area contributed by atoms with Gasteiger partial charge in [-0.1, -0.05) is 12.1 Å². The molecule has 1 amide bonds. The molecule has 6 nitrogen and oxygen atoms in total. The summed E-state index contributed by atoms with van der Waals surface area (Å²) >= 11 is 0. The Bertz CT molecular complexity index is 457. The van der Waals surface area contributed by atoms with Gasteiger partial charge in [0.15, 0.2) is 0 Å². The first-order chi connectivity index (χ1) is 9.43. The molecule has 110 valence electrons. The zero-order valence-corrected chi connectivity index (χ0v) is 12.0. The molecule has 0 aliphatic rings. The van der Waals surface area contributed by atoms with Crippen molar-refractivity contribution in [1.82, 2.24) is 4.90 Å². The molecule has 1 aromatic carbocycles. The Morgan fingerprint density at radius 3 is 2.35 bits per heavy atom. The minimum absolute atomic E-state index is 0.311. The molecule has 0 aromatic heterocycles. The van der Waals surface area contributed by atoms with Crippen LogP contribution in [0.15, 0.2) is 24.3 Å². The van der Waals surface area contributed by atoms with E-state index in [1.54, 1.807) is 45.3 Å². The summed E-state index contributed by atoms with van der Waals surface area (Å²) in [7, 11) is 3.21. The maximum Gasteiger partial charge on any atom is 0.414 e. The topological polar surface area (TPSA) is 81.9 Å². The van der Waals surface area contributed by atoms with Gasteiger partial charge in [0.25, 0.3) is 0 Å². The fourth-order valence-corrected chi connectivity index (χ4v) is 1.47. The molecule has 2 N–H and O–H groups in total. The van der Waals surface area contributed by atoms with E-state index in [9.17, 15) is 9.59 Å². The molecule has 0 fully saturated rings. The van der Waals surface area contributed by atoms with Crippen molar-refractivity contribution in [3.63, 3.8) is 0 Å². The Hall–Kier alpha value is -2.08. The summed E-state index contributed by atoms with van der Waals surface area (Å²) in [5.74, 6) is 0.0211. The number of hydrogen-bond acceptors (Lipinski definition) is 5. The van der Waals surface area contributed by atoms with Crippen LogP contribution in [0.5, 0.6) is 5.75 Å². The minimum atomic E-state index is -0.690. The monoisotopic (exact) mass is 280 g/mol. The number of amides is 1. The van der Waals surface area contributed by atoms with Gasteiger partial charge in [0.2, 0.25) is 0 Å². The van der Waals surface area contributed by atoms with E-state index in [2.05, 4.69) is 0 Å². The number of carbonyl (C=O) groups is 2. The van der Waals surface area contributed by atoms with Crippen LogP contribution in [0.1, 0.15) is 12.5 Å². The number of hydrogen-bond donors (Lipinski definition) is 1. The van der Waals surface area contributed by atoms with Crippen LogP contribution in [0.2, 0.25) is 0 Å². The summed E-state index contributed by atoms with van der Waals surface area (Å²) in [6.07, 6.45) is -0.0678. The van der Waals surface area contributed by atoms with Crippen LogP contribution in [-0.4, -0.2) is 43.7 Å². The van der Waals surface area contributed by atoms with Gasteiger partial charge in [-0.15, -0.1) is 0 Å². The second kappa shape index (κ2) is 7.49. The van der Waals surface area contributed by atoms with Gasteiger partial charge in [-0.2, -0.15) is 0 Å². The normalized spacial score (nSPS) is 11.6. The number of ether oxygens (including phenoxy) is 2. The lowest BCUT2D eigenvalue weighted by atomic mass is 10.1. The van der Waals surface area contributed by atoms with Crippen molar-refractivity contribution < 1.29 is 19.1 Å². The predicted octanol–water partition coefficient (Wildman–Crippen LogP) is 1.18. The molecule has 0 saturated carbocycles. The van der Waals surface area contributed by atoms with Crippen LogP contribution in [0, 0.1) is 0 Å². The number of rotatable bonds is 5. The van der Waals surface area contributed by atoms with Crippen molar-refractivity contribution in [2.75, 3.05) is 20.7 Å². The molecule has 0 bridgehead atoms. The Kier molecular flexibility index (Phi) is 5.99. The molecule has 1 atom stereocenters. The Morgan fingerprint density at radius 2 is 1.85 bits per heavy atom. The Balaban J connectivity index is 2.58. The Morgan fingerprint density at radius 1 is 1.25 bits per heavy atom. The first kappa shape index (κ1) is 16.0. The van der Waals surface area contributed by atoms with Gasteiger partial charge in [-0.05, 0) is 31.0 Å². The van der Waals surface area contributed by atoms with Gasteiger partial charge in [0.05, 0.1) is 6.61 Å². The van der Waals surface area contributed by atoms with Crippen molar-refractivity contribution in [2.45, 2.75) is 19.4 Å². The van der Waals surface area contributed by atoms with Crippen LogP contribution >= 0.6 is 0 Å². The molecular weight excluding hydrogens is 260 g/mol. The van der Waals surface area contributed by atoms with Gasteiger partial charge < -0.3 is 20.1 Å². The smallest absolute Gasteiger partial charge is 0.414 e. The zero-order valence-electron chi connectivity index (χ0n) is 12.0. The third-order valence-electron chi connectivity index (χ3n) is 2.54. The predicted molar refractivity (Wildman–Crippen MR) is 74.5 cm³/mol. The molecule has 1 aromatic rings. The Labute approximate surface area is 118 Å². The third kappa shape index (κ3) is 4.89. The number of esters is 1. The number of nitrogens with two attached hydrogens (primary N) is 1. The SMILES string of the molecule is CCOC(=O)[C@@H](N)Cc1ccc(OC(=O)N(C)C)cc1. The van der Waals surface area contributed by atoms with E-state index in [1.807, 2.05) is 0 Å². The van der Waals surface area contributed by atoms with E-state index in [0.29, 0.717) is 18.8 Å². The van der Waals surface area contributed by atoms with E-state index >= 15 is 0 Å². The highest BCUT2D eigenvalue weighted by Gasteiger charge is 2.15. The molecule has 0 spiro atoms. The first-order valence-corrected chi connectivity index (χ1v) is 6.34. The minimum Gasteiger partial charge on any atom is -0.465 e. The molecule has 0 unspecified atom stereocenters. The van der Waals surface area contributed by atoms with Crippen LogP contribution < -0.4 is 10.5 Å². The van der Waals surface area contributed by atoms with Crippen LogP contribution in [0.25, 0.3) is 0 Å². The maximum absolute atomic E-state index is 11.4. The van der Waals surface area contributed by atoms with Gasteiger partial charge in [-0.25, -0.2) is 4.79 Å². The van der Waals surface area contributed by atoms with E-state index in [4.69, 9.17) is 15.2 Å². The molecular formula is C14H20N2O4. The molecule has 0 aliphatic heterocycles. The van der Waals surface area contributed by atoms with Crippen LogP contribution in [0.4, 0.5) is 4.79 Å². The second-order valence-corrected chi connectivity index (χ2v) is 4.47. The second-order valence-electron chi connectivity index (χ2n) is 4.47. The summed E-state index contributed by atoms with van der Waals surface area (Å²) in [4.78, 5) is 24.1. The van der Waals surface area contributed by atoms with Crippen LogP contribution in [-0.2, 0) is 16.0 Å². The van der Waals surface area contributed by atoms with E-state index in [0.717, 1.165) is 5.56 Å². The van der Waals surface area contributed by atoms with Crippen molar-refractivity contribution >= 4 is 12.1 Å². The third-order valence-corrected chi connectivity index (χ3v) is 2.54. The number of nitrogens with zero attached hydrogens (tertiary/aromatic N) is 1. The fourth-order valence-electron chi connectivity index (χ4n) is 1.47. The van der Waals surface area contributed by atoms with Crippen molar-refractivity contribution in [3.05, 3.63) is 29.8 Å². The van der Waals surface area contributed by atoms with Gasteiger partial charge in [-0.3, -0.25) is 4.79 Å². The van der Waals surface area contributed by atoms with Gasteiger partial charge in [0, 0.05) is 14.1 Å². The molecule has 20 heavy (non-hydrogen) atoms. The number of benzene rings is 1. The highest BCUT2D eigenvalue weighted by Crippen LogP contribution is 2.14. The average molecular weight is 280 g/mol. The summed E-state index contributed by atoms with van der Waals surface area (Å²) in [5, 5.41) is 0. The van der Waals surface area contributed by atoms with Crippen molar-refractivity contribution in [1.29, 1.82) is 0 Å². The zero-order chi connectivity index (χ0) is 15.1. The average Bonchev–Trinajstić information content (AvgIpc) is 2.41. The molecule has 0 saturated heterocycles. The summed E-state index contributed by atoms with van der Waals surface area (Å²) in [6.45, 7) is 2.05. The maximum atomic E-state index is 11.4. The van der Waals surface area contributed by atoms with E-state index in [1.165, 1.54) is 4.90 Å². The van der Waals surface area contributed by atoms with Crippen molar-refractivity contribution in [3.8, 4) is 5.75 Å². The highest BCUT2D eigenvalue weighted by atomic mass is 16.6. The standard InChI is InChI=1S/C14H20N2O4/c1-4-19-13(17)12(15)9-10-5-7-11(8-6-10)20-14(18)16(2)3/h5-8,12H,4,9,15H2,1-3H3/t12-/m0/s1. The molecule has 0 aliphatic carbocycles. The van der Waals surface area contributed by atoms with Gasteiger partial charge in [0.1, 0.15) is 11.8 Å². The first-order valence-electron chi connectivity index (χ1n) is 6.34. The lowest BCUT2D eigenvalue weighted by Crippen LogP contribution is -2.34. The number of carbonyl (C=O) groups excluding carboxylic acids is 2. The highest BCUT2D eigenvalue weighted by molar-refractivity contribution is 5.75. The largest absolute Gasteiger partial charge is 0.465 e. The summed E-state index contributed by atoms with van der Waals surface area (Å²) in [5.41, 5.74) is 6.60. The van der Waals surface area contributed by atoms with Crippen LogP contribution in [0.3, 0.4) is 0 Å². The van der Waals surface area contributed by atoms with E-state index in [-0.39, 0.29) is 0 Å². The quantitative estimate of drug-likeness (QED) is 0.819. The van der Waals surface area contributed by atoms with Crippen molar-refractivity contribution in [2.24, 2.45) is 5.73 Å². The molecule has 0 radical (unpaired) electrons. The summed E-state index contributed by atoms with van der Waals surface area (Å²) in [6, 6.07) is 6.16. The summed E-state index contributed by atoms with van der Waals surface area (Å²) < 4.78 is 9.93. The molecule has 1 rings (SSSR count). The molecule has 0 heterocycles. The van der Waals surface area contributed by atoms with E-state index < -0.39 is 18.1 Å².